The third-order valence-corrected chi connectivity index (χ3v) is 4.26. The topological polar surface area (TPSA) is 63.4 Å². The number of alkyl halides is 2. The molecule has 1 heterocycles. The maximum atomic E-state index is 12.2. The van der Waals surface area contributed by atoms with E-state index in [4.69, 9.17) is 5.73 Å². The molecule has 0 aromatic heterocycles. The number of hydrogen-bond acceptors (Lipinski definition) is 4. The Morgan fingerprint density at radius 3 is 2.53 bits per heavy atom. The van der Waals surface area contributed by atoms with Crippen LogP contribution in [-0.2, 0) is 9.84 Å². The monoisotopic (exact) mass is 242 g/mol. The summed E-state index contributed by atoms with van der Waals surface area (Å²) < 4.78 is 46.8. The van der Waals surface area contributed by atoms with E-state index in [1.165, 1.54) is 4.90 Å². The summed E-state index contributed by atoms with van der Waals surface area (Å²) in [6.45, 7) is 0.200. The second-order valence-electron chi connectivity index (χ2n) is 3.73. The minimum absolute atomic E-state index is 0.0142. The van der Waals surface area contributed by atoms with Crippen LogP contribution < -0.4 is 5.73 Å². The van der Waals surface area contributed by atoms with Crippen LogP contribution in [0.25, 0.3) is 0 Å². The Morgan fingerprint density at radius 2 is 2.13 bits per heavy atom. The molecular weight excluding hydrogens is 226 g/mol. The average molecular weight is 242 g/mol. The number of sulfone groups is 1. The molecule has 1 rings (SSSR count). The van der Waals surface area contributed by atoms with Crippen molar-refractivity contribution < 1.29 is 17.2 Å². The van der Waals surface area contributed by atoms with Crippen molar-refractivity contribution in [2.24, 2.45) is 5.73 Å². The van der Waals surface area contributed by atoms with Crippen LogP contribution in [-0.4, -0.2) is 56.9 Å². The Hall–Kier alpha value is -0.270. The molecule has 0 spiro atoms. The second kappa shape index (κ2) is 5.18. The smallest absolute Gasteiger partial charge is 0.251 e. The first kappa shape index (κ1) is 12.8. The van der Waals surface area contributed by atoms with E-state index < -0.39 is 22.8 Å². The highest BCUT2D eigenvalue weighted by Gasteiger charge is 2.32. The van der Waals surface area contributed by atoms with Gasteiger partial charge in [-0.05, 0) is 6.42 Å². The zero-order valence-electron chi connectivity index (χ0n) is 8.40. The molecule has 90 valence electrons. The molecule has 1 atom stereocenters. The summed E-state index contributed by atoms with van der Waals surface area (Å²) in [5, 5.41) is 0. The summed E-state index contributed by atoms with van der Waals surface area (Å²) in [4.78, 5) is 1.48. The Morgan fingerprint density at radius 1 is 1.47 bits per heavy atom. The molecule has 7 heteroatoms. The normalized spacial score (nSPS) is 25.3. The maximum absolute atomic E-state index is 12.2. The van der Waals surface area contributed by atoms with E-state index in [0.717, 1.165) is 0 Å². The molecule has 0 aromatic rings. The molecule has 2 N–H and O–H groups in total. The van der Waals surface area contributed by atoms with Crippen molar-refractivity contribution in [3.8, 4) is 0 Å². The van der Waals surface area contributed by atoms with Crippen molar-refractivity contribution >= 4 is 9.84 Å². The molecule has 0 aromatic carbocycles. The number of nitrogens with two attached hydrogens (primary N) is 1. The average Bonchev–Trinajstić information content (AvgIpc) is 2.44. The molecular formula is C8H16F2N2O2S. The Labute approximate surface area is 88.3 Å². The van der Waals surface area contributed by atoms with Crippen LogP contribution in [0.5, 0.6) is 0 Å². The van der Waals surface area contributed by atoms with Crippen molar-refractivity contribution in [3.05, 3.63) is 0 Å². The fourth-order valence-electron chi connectivity index (χ4n) is 1.83. The molecule has 4 nitrogen and oxygen atoms in total. The van der Waals surface area contributed by atoms with Gasteiger partial charge in [0.2, 0.25) is 0 Å². The highest BCUT2D eigenvalue weighted by atomic mass is 32.2. The van der Waals surface area contributed by atoms with E-state index >= 15 is 0 Å². The van der Waals surface area contributed by atoms with Gasteiger partial charge < -0.3 is 5.73 Å². The Kier molecular flexibility index (Phi) is 4.42. The summed E-state index contributed by atoms with van der Waals surface area (Å²) in [7, 11) is -3.02. The molecule has 1 unspecified atom stereocenters. The van der Waals surface area contributed by atoms with Crippen LogP contribution in [0.2, 0.25) is 0 Å². The molecule has 1 aliphatic heterocycles. The van der Waals surface area contributed by atoms with Crippen LogP contribution >= 0.6 is 0 Å². The van der Waals surface area contributed by atoms with Gasteiger partial charge in [-0.15, -0.1) is 0 Å². The highest BCUT2D eigenvalue weighted by Crippen LogP contribution is 2.18. The van der Waals surface area contributed by atoms with Gasteiger partial charge in [-0.2, -0.15) is 0 Å². The fourth-order valence-corrected chi connectivity index (χ4v) is 3.59. The highest BCUT2D eigenvalue weighted by molar-refractivity contribution is 7.91. The lowest BCUT2D eigenvalue weighted by atomic mass is 10.2. The maximum Gasteiger partial charge on any atom is 0.251 e. The molecule has 1 fully saturated rings. The van der Waals surface area contributed by atoms with Gasteiger partial charge in [0, 0.05) is 19.1 Å². The number of halogens is 2. The molecule has 1 aliphatic rings. The fraction of sp³-hybridized carbons (Fsp3) is 1.00. The minimum Gasteiger partial charge on any atom is -0.329 e. The van der Waals surface area contributed by atoms with Crippen LogP contribution in [0, 0.1) is 0 Å². The zero-order valence-corrected chi connectivity index (χ0v) is 9.22. The van der Waals surface area contributed by atoms with Gasteiger partial charge in [0.25, 0.3) is 6.43 Å². The number of nitrogens with zero attached hydrogens (tertiary/aromatic N) is 1. The van der Waals surface area contributed by atoms with Crippen molar-refractivity contribution in [2.45, 2.75) is 18.9 Å². The molecule has 0 radical (unpaired) electrons. The van der Waals surface area contributed by atoms with E-state index in [1.807, 2.05) is 0 Å². The van der Waals surface area contributed by atoms with Gasteiger partial charge in [-0.1, -0.05) is 0 Å². The third-order valence-electron chi connectivity index (χ3n) is 2.51. The van der Waals surface area contributed by atoms with Gasteiger partial charge in [0.05, 0.1) is 18.1 Å². The first-order valence-electron chi connectivity index (χ1n) is 4.87. The van der Waals surface area contributed by atoms with E-state index in [9.17, 15) is 17.2 Å². The van der Waals surface area contributed by atoms with Crippen molar-refractivity contribution in [1.29, 1.82) is 0 Å². The predicted molar refractivity (Wildman–Crippen MR) is 53.7 cm³/mol. The quantitative estimate of drug-likeness (QED) is 0.719. The van der Waals surface area contributed by atoms with Gasteiger partial charge in [-0.25, -0.2) is 17.2 Å². The van der Waals surface area contributed by atoms with Crippen LogP contribution in [0.4, 0.5) is 8.78 Å². The first-order valence-corrected chi connectivity index (χ1v) is 6.69. The summed E-state index contributed by atoms with van der Waals surface area (Å²) in [5.41, 5.74) is 5.30. The second-order valence-corrected chi connectivity index (χ2v) is 5.96. The van der Waals surface area contributed by atoms with Crippen LogP contribution in [0.1, 0.15) is 6.42 Å². The third kappa shape index (κ3) is 4.00. The lowest BCUT2D eigenvalue weighted by molar-refractivity contribution is 0.0726. The minimum atomic E-state index is -3.02. The van der Waals surface area contributed by atoms with Gasteiger partial charge in [0.15, 0.2) is 9.84 Å². The van der Waals surface area contributed by atoms with Gasteiger partial charge in [-0.3, -0.25) is 4.90 Å². The molecule has 0 aliphatic carbocycles. The van der Waals surface area contributed by atoms with E-state index in [2.05, 4.69) is 0 Å². The van der Waals surface area contributed by atoms with Gasteiger partial charge in [0.1, 0.15) is 0 Å². The van der Waals surface area contributed by atoms with Crippen LogP contribution in [0.15, 0.2) is 0 Å². The SMILES string of the molecule is NCCN(CC(F)F)C1CCS(=O)(=O)C1. The molecule has 15 heavy (non-hydrogen) atoms. The Balaban J connectivity index is 2.57. The first-order chi connectivity index (χ1) is 6.94. The standard InChI is InChI=1S/C8H16F2N2O2S/c9-8(10)5-12(3-2-11)7-1-4-15(13,14)6-7/h7-8H,1-6,11H2. The van der Waals surface area contributed by atoms with E-state index in [-0.39, 0.29) is 24.1 Å². The largest absolute Gasteiger partial charge is 0.329 e. The summed E-state index contributed by atoms with van der Waals surface area (Å²) in [6.07, 6.45) is -2.01. The van der Waals surface area contributed by atoms with Crippen molar-refractivity contribution in [1.82, 2.24) is 4.90 Å². The van der Waals surface area contributed by atoms with Gasteiger partial charge >= 0.3 is 0 Å². The van der Waals surface area contributed by atoms with Crippen molar-refractivity contribution in [3.63, 3.8) is 0 Å². The summed E-state index contributed by atoms with van der Waals surface area (Å²) in [6, 6.07) is -0.285. The zero-order chi connectivity index (χ0) is 11.5. The molecule has 0 amide bonds. The van der Waals surface area contributed by atoms with E-state index in [0.29, 0.717) is 13.0 Å². The molecule has 0 saturated carbocycles. The molecule has 1 saturated heterocycles. The Bertz CT molecular complexity index is 295. The van der Waals surface area contributed by atoms with Crippen LogP contribution in [0.3, 0.4) is 0 Å². The molecule has 0 bridgehead atoms. The summed E-state index contributed by atoms with van der Waals surface area (Å²) in [5.74, 6) is 0.0850. The number of hydrogen-bond donors (Lipinski definition) is 1. The lowest BCUT2D eigenvalue weighted by Gasteiger charge is -2.26. The lowest BCUT2D eigenvalue weighted by Crippen LogP contribution is -2.42. The van der Waals surface area contributed by atoms with E-state index in [1.54, 1.807) is 0 Å². The number of rotatable bonds is 5. The predicted octanol–water partition coefficient (Wildman–Crippen LogP) is -0.301. The summed E-state index contributed by atoms with van der Waals surface area (Å²) >= 11 is 0. The van der Waals surface area contributed by atoms with Crippen molar-refractivity contribution in [2.75, 3.05) is 31.1 Å².